The van der Waals surface area contributed by atoms with Gasteiger partial charge in [0.05, 0.1) is 13.2 Å². The number of ether oxygens (including phenoxy) is 1. The van der Waals surface area contributed by atoms with Crippen molar-refractivity contribution in [3.8, 4) is 5.75 Å². The number of aromatic nitrogens is 2. The number of benzene rings is 2. The molecule has 0 radical (unpaired) electrons. The molecule has 1 aliphatic rings. The highest BCUT2D eigenvalue weighted by molar-refractivity contribution is 5.84. The molecule has 1 aromatic heterocycles. The molecule has 196 valence electrons. The smallest absolute Gasteiger partial charge is 0.413 e. The molecule has 37 heavy (non-hydrogen) atoms. The molecule has 4 rings (SSSR count). The van der Waals surface area contributed by atoms with Gasteiger partial charge < -0.3 is 20.1 Å². The van der Waals surface area contributed by atoms with Crippen molar-refractivity contribution in [3.05, 3.63) is 71.7 Å². The van der Waals surface area contributed by atoms with Gasteiger partial charge in [-0.2, -0.15) is 4.98 Å². The second kappa shape index (κ2) is 12.4. The van der Waals surface area contributed by atoms with Gasteiger partial charge in [0.25, 0.3) is 0 Å². The topological polar surface area (TPSA) is 90.8 Å². The molecule has 1 fully saturated rings. The number of carboxylic acid groups (broad SMARTS) is 1. The Morgan fingerprint density at radius 1 is 1.05 bits per heavy atom. The average Bonchev–Trinajstić information content (AvgIpc) is 2.88. The normalized spacial score (nSPS) is 13.8. The van der Waals surface area contributed by atoms with Crippen LogP contribution in [-0.4, -0.2) is 52.3 Å². The number of piperidine rings is 1. The first kappa shape index (κ1) is 26.2. The molecule has 3 aromatic rings. The van der Waals surface area contributed by atoms with Gasteiger partial charge in [-0.25, -0.2) is 22.9 Å². The summed E-state index contributed by atoms with van der Waals surface area (Å²) in [4.78, 5) is 23.1. The maximum atomic E-state index is 14.6. The summed E-state index contributed by atoms with van der Waals surface area (Å²) >= 11 is 0. The van der Waals surface area contributed by atoms with Crippen molar-refractivity contribution >= 4 is 23.5 Å². The first-order chi connectivity index (χ1) is 17.9. The Balaban J connectivity index is 1.38. The van der Waals surface area contributed by atoms with Gasteiger partial charge in [0.2, 0.25) is 5.95 Å². The van der Waals surface area contributed by atoms with Crippen LogP contribution >= 0.6 is 0 Å². The van der Waals surface area contributed by atoms with Crippen molar-refractivity contribution < 1.29 is 27.8 Å². The van der Waals surface area contributed by atoms with E-state index in [-0.39, 0.29) is 23.1 Å². The second-order valence-electron chi connectivity index (χ2n) is 8.72. The van der Waals surface area contributed by atoms with Crippen molar-refractivity contribution in [2.24, 2.45) is 0 Å². The molecule has 0 spiro atoms. The summed E-state index contributed by atoms with van der Waals surface area (Å²) in [5.41, 5.74) is 0.178. The SMILES string of the molecule is O=C(O)N(Cc1cc(F)ccc1F)c1ccnc(Nc2ccc(OCCCN3CCCCC3)c(F)c2)n1. The van der Waals surface area contributed by atoms with Crippen molar-refractivity contribution in [1.29, 1.82) is 0 Å². The third-order valence-electron chi connectivity index (χ3n) is 6.00. The third-order valence-corrected chi connectivity index (χ3v) is 6.00. The summed E-state index contributed by atoms with van der Waals surface area (Å²) in [6.07, 6.45) is 4.41. The summed E-state index contributed by atoms with van der Waals surface area (Å²) in [7, 11) is 0. The molecule has 0 unspecified atom stereocenters. The fraction of sp³-hybridized carbons (Fsp3) is 0.346. The fourth-order valence-electron chi connectivity index (χ4n) is 4.12. The van der Waals surface area contributed by atoms with E-state index in [1.807, 2.05) is 0 Å². The maximum Gasteiger partial charge on any atom is 0.413 e. The minimum absolute atomic E-state index is 0.00179. The van der Waals surface area contributed by atoms with Crippen LogP contribution in [0.25, 0.3) is 0 Å². The zero-order chi connectivity index (χ0) is 26.2. The molecule has 0 atom stereocenters. The highest BCUT2D eigenvalue weighted by Crippen LogP contribution is 2.24. The Bertz CT molecular complexity index is 1220. The molecule has 0 saturated carbocycles. The highest BCUT2D eigenvalue weighted by Gasteiger charge is 2.20. The Morgan fingerprint density at radius 2 is 1.86 bits per heavy atom. The lowest BCUT2D eigenvalue weighted by molar-refractivity contribution is 0.201. The summed E-state index contributed by atoms with van der Waals surface area (Å²) in [6.45, 7) is 3.07. The summed E-state index contributed by atoms with van der Waals surface area (Å²) in [5.74, 6) is -1.94. The van der Waals surface area contributed by atoms with Gasteiger partial charge in [0.15, 0.2) is 11.6 Å². The number of amides is 1. The minimum atomic E-state index is -1.42. The number of hydrogen-bond acceptors (Lipinski definition) is 6. The number of anilines is 3. The molecule has 2 aromatic carbocycles. The van der Waals surface area contributed by atoms with Gasteiger partial charge in [0.1, 0.15) is 17.5 Å². The average molecular weight is 516 g/mol. The Morgan fingerprint density at radius 3 is 2.62 bits per heavy atom. The molecule has 11 heteroatoms. The zero-order valence-electron chi connectivity index (χ0n) is 20.2. The molecule has 8 nitrogen and oxygen atoms in total. The van der Waals surface area contributed by atoms with Crippen molar-refractivity contribution in [2.45, 2.75) is 32.2 Å². The minimum Gasteiger partial charge on any atom is -0.490 e. The first-order valence-corrected chi connectivity index (χ1v) is 12.1. The first-order valence-electron chi connectivity index (χ1n) is 12.1. The van der Waals surface area contributed by atoms with E-state index in [2.05, 4.69) is 20.2 Å². The van der Waals surface area contributed by atoms with Gasteiger partial charge in [-0.1, -0.05) is 6.42 Å². The van der Waals surface area contributed by atoms with Crippen molar-refractivity contribution in [3.63, 3.8) is 0 Å². The molecule has 2 heterocycles. The van der Waals surface area contributed by atoms with E-state index in [1.165, 1.54) is 43.7 Å². The quantitative estimate of drug-likeness (QED) is 0.341. The molecular formula is C26H28F3N5O3. The van der Waals surface area contributed by atoms with Crippen LogP contribution in [-0.2, 0) is 6.54 Å². The standard InChI is InChI=1S/C26H28F3N5O3/c27-19-5-7-21(28)18(15-19)17-34(26(35)36)24-9-10-30-25(32-24)31-20-6-8-23(22(29)16-20)37-14-4-13-33-11-2-1-3-12-33/h5-10,15-16H,1-4,11-14,17H2,(H,35,36)(H,30,31,32). The van der Waals surface area contributed by atoms with E-state index in [4.69, 9.17) is 4.74 Å². The lowest BCUT2D eigenvalue weighted by Gasteiger charge is -2.26. The maximum absolute atomic E-state index is 14.6. The zero-order valence-corrected chi connectivity index (χ0v) is 20.2. The van der Waals surface area contributed by atoms with Crippen LogP contribution in [0, 0.1) is 17.5 Å². The lowest BCUT2D eigenvalue weighted by atomic mass is 10.1. The van der Waals surface area contributed by atoms with E-state index in [9.17, 15) is 23.1 Å². The number of likely N-dealkylation sites (tertiary alicyclic amines) is 1. The summed E-state index contributed by atoms with van der Waals surface area (Å²) in [6, 6.07) is 8.43. The van der Waals surface area contributed by atoms with Gasteiger partial charge in [0, 0.05) is 30.1 Å². The van der Waals surface area contributed by atoms with Crippen molar-refractivity contribution in [2.75, 3.05) is 36.5 Å². The van der Waals surface area contributed by atoms with Crippen LogP contribution in [0.15, 0.2) is 48.7 Å². The number of nitrogens with one attached hydrogen (secondary N) is 1. The third kappa shape index (κ3) is 7.32. The lowest BCUT2D eigenvalue weighted by Crippen LogP contribution is -2.31. The van der Waals surface area contributed by atoms with Crippen LogP contribution in [0.3, 0.4) is 0 Å². The molecule has 0 bridgehead atoms. The molecule has 1 aliphatic heterocycles. The van der Waals surface area contributed by atoms with E-state index in [0.29, 0.717) is 12.3 Å². The predicted octanol–water partition coefficient (Wildman–Crippen LogP) is 5.58. The molecule has 1 saturated heterocycles. The van der Waals surface area contributed by atoms with Gasteiger partial charge >= 0.3 is 6.09 Å². The second-order valence-corrected chi connectivity index (χ2v) is 8.72. The fourth-order valence-corrected chi connectivity index (χ4v) is 4.12. The van der Waals surface area contributed by atoms with Crippen LogP contribution in [0.5, 0.6) is 5.75 Å². The number of hydrogen-bond donors (Lipinski definition) is 2. The van der Waals surface area contributed by atoms with Gasteiger partial charge in [-0.15, -0.1) is 0 Å². The summed E-state index contributed by atoms with van der Waals surface area (Å²) < 4.78 is 47.8. The van der Waals surface area contributed by atoms with Crippen LogP contribution < -0.4 is 15.0 Å². The highest BCUT2D eigenvalue weighted by atomic mass is 19.1. The number of nitrogens with zero attached hydrogens (tertiary/aromatic N) is 4. The van der Waals surface area contributed by atoms with Crippen molar-refractivity contribution in [1.82, 2.24) is 14.9 Å². The van der Waals surface area contributed by atoms with E-state index in [1.54, 1.807) is 6.07 Å². The number of carbonyl (C=O) groups is 1. The van der Waals surface area contributed by atoms with Crippen LogP contribution in [0.1, 0.15) is 31.2 Å². The molecule has 1 amide bonds. The van der Waals surface area contributed by atoms with E-state index >= 15 is 0 Å². The van der Waals surface area contributed by atoms with E-state index in [0.717, 1.165) is 49.2 Å². The number of halogens is 3. The Kier molecular flexibility index (Phi) is 8.78. The molecule has 2 N–H and O–H groups in total. The summed E-state index contributed by atoms with van der Waals surface area (Å²) in [5, 5.41) is 12.4. The molecule has 0 aliphatic carbocycles. The van der Waals surface area contributed by atoms with Gasteiger partial charge in [-0.3, -0.25) is 4.90 Å². The monoisotopic (exact) mass is 515 g/mol. The number of rotatable bonds is 10. The van der Waals surface area contributed by atoms with Crippen LogP contribution in [0.2, 0.25) is 0 Å². The largest absolute Gasteiger partial charge is 0.490 e. The van der Waals surface area contributed by atoms with Crippen LogP contribution in [0.4, 0.5) is 35.4 Å². The predicted molar refractivity (Wildman–Crippen MR) is 133 cm³/mol. The van der Waals surface area contributed by atoms with Gasteiger partial charge in [-0.05, 0) is 68.8 Å². The van der Waals surface area contributed by atoms with E-state index < -0.39 is 30.1 Å². The molecular weight excluding hydrogens is 487 g/mol. The Hall–Kier alpha value is -3.86. The Labute approximate surface area is 212 Å².